The maximum atomic E-state index is 10.9. The van der Waals surface area contributed by atoms with Crippen molar-refractivity contribution in [1.82, 2.24) is 4.98 Å². The standard InChI is InChI=1S/C8H8BrNOS/c9-6-1-2-7(10-4-6)3-8(11)5-12/h1-2,4,12H,3,5H2. The molecule has 0 aliphatic rings. The van der Waals surface area contributed by atoms with Crippen molar-refractivity contribution in [2.75, 3.05) is 5.75 Å². The van der Waals surface area contributed by atoms with Gasteiger partial charge in [-0.3, -0.25) is 9.78 Å². The summed E-state index contributed by atoms with van der Waals surface area (Å²) in [6.07, 6.45) is 2.05. The number of carbonyl (C=O) groups is 1. The summed E-state index contributed by atoms with van der Waals surface area (Å²) >= 11 is 7.15. The van der Waals surface area contributed by atoms with E-state index in [1.165, 1.54) is 0 Å². The summed E-state index contributed by atoms with van der Waals surface area (Å²) in [5, 5.41) is 0. The second-order valence-corrected chi connectivity index (χ2v) is 3.57. The molecule has 64 valence electrons. The molecule has 0 amide bonds. The van der Waals surface area contributed by atoms with Gasteiger partial charge >= 0.3 is 0 Å². The van der Waals surface area contributed by atoms with Gasteiger partial charge in [0.15, 0.2) is 0 Å². The molecule has 0 aliphatic carbocycles. The fraction of sp³-hybridized carbons (Fsp3) is 0.250. The fourth-order valence-corrected chi connectivity index (χ4v) is 1.12. The van der Waals surface area contributed by atoms with E-state index >= 15 is 0 Å². The van der Waals surface area contributed by atoms with Crippen LogP contribution in [0.2, 0.25) is 0 Å². The number of carbonyl (C=O) groups excluding carboxylic acids is 1. The Morgan fingerprint density at radius 3 is 2.83 bits per heavy atom. The molecule has 0 fully saturated rings. The summed E-state index contributed by atoms with van der Waals surface area (Å²) in [5.74, 6) is 0.366. The van der Waals surface area contributed by atoms with Gasteiger partial charge in [0, 0.05) is 28.5 Å². The number of Topliss-reactive ketones (excluding diaryl/α,β-unsaturated/α-hetero) is 1. The number of ketones is 1. The molecule has 0 N–H and O–H groups in total. The molecular formula is C8H8BrNOS. The van der Waals surface area contributed by atoms with Gasteiger partial charge in [0.1, 0.15) is 5.78 Å². The number of nitrogens with zero attached hydrogens (tertiary/aromatic N) is 1. The third-order valence-corrected chi connectivity index (χ3v) is 2.17. The summed E-state index contributed by atoms with van der Waals surface area (Å²) in [6.45, 7) is 0. The Labute approximate surface area is 84.9 Å². The summed E-state index contributed by atoms with van der Waals surface area (Å²) in [4.78, 5) is 15.0. The number of halogens is 1. The molecule has 0 radical (unpaired) electrons. The first-order chi connectivity index (χ1) is 5.72. The Kier molecular flexibility index (Phi) is 3.75. The van der Waals surface area contributed by atoms with Gasteiger partial charge < -0.3 is 0 Å². The zero-order chi connectivity index (χ0) is 8.97. The second kappa shape index (κ2) is 4.62. The van der Waals surface area contributed by atoms with E-state index in [0.717, 1.165) is 10.2 Å². The smallest absolute Gasteiger partial charge is 0.148 e. The highest BCUT2D eigenvalue weighted by Gasteiger charge is 2.01. The Morgan fingerprint density at radius 2 is 2.33 bits per heavy atom. The molecule has 1 heterocycles. The summed E-state index contributed by atoms with van der Waals surface area (Å²) in [5.41, 5.74) is 0.789. The van der Waals surface area contributed by atoms with Crippen molar-refractivity contribution in [1.29, 1.82) is 0 Å². The van der Waals surface area contributed by atoms with Gasteiger partial charge in [0.05, 0.1) is 0 Å². The molecule has 12 heavy (non-hydrogen) atoms. The normalized spacial score (nSPS) is 9.83. The topological polar surface area (TPSA) is 30.0 Å². The van der Waals surface area contributed by atoms with Crippen LogP contribution in [0.25, 0.3) is 0 Å². The van der Waals surface area contributed by atoms with Crippen LogP contribution >= 0.6 is 28.6 Å². The highest BCUT2D eigenvalue weighted by atomic mass is 79.9. The molecule has 1 rings (SSSR count). The molecule has 0 saturated heterocycles. The van der Waals surface area contributed by atoms with Crippen molar-refractivity contribution in [2.24, 2.45) is 0 Å². The maximum absolute atomic E-state index is 10.9. The zero-order valence-electron chi connectivity index (χ0n) is 6.33. The van der Waals surface area contributed by atoms with E-state index in [-0.39, 0.29) is 11.5 Å². The number of thiol groups is 1. The Morgan fingerprint density at radius 1 is 1.58 bits per heavy atom. The molecule has 1 aromatic heterocycles. The third kappa shape index (κ3) is 2.95. The van der Waals surface area contributed by atoms with Gasteiger partial charge in [0.2, 0.25) is 0 Å². The zero-order valence-corrected chi connectivity index (χ0v) is 8.81. The molecule has 0 atom stereocenters. The molecule has 0 saturated carbocycles. The van der Waals surface area contributed by atoms with Crippen LogP contribution in [-0.4, -0.2) is 16.5 Å². The van der Waals surface area contributed by atoms with Crippen molar-refractivity contribution in [3.05, 3.63) is 28.5 Å². The van der Waals surface area contributed by atoms with Gasteiger partial charge in [0.25, 0.3) is 0 Å². The minimum absolute atomic E-state index is 0.0909. The van der Waals surface area contributed by atoms with Crippen LogP contribution in [0.1, 0.15) is 5.69 Å². The Hall–Kier alpha value is -0.350. The molecular weight excluding hydrogens is 238 g/mol. The minimum Gasteiger partial charge on any atom is -0.298 e. The van der Waals surface area contributed by atoms with E-state index < -0.39 is 0 Å². The average Bonchev–Trinajstić information content (AvgIpc) is 2.09. The lowest BCUT2D eigenvalue weighted by atomic mass is 10.2. The first kappa shape index (κ1) is 9.74. The Bertz CT molecular complexity index is 273. The second-order valence-electron chi connectivity index (χ2n) is 2.34. The van der Waals surface area contributed by atoms with Crippen LogP contribution < -0.4 is 0 Å². The van der Waals surface area contributed by atoms with Crippen molar-refractivity contribution in [3.63, 3.8) is 0 Å². The molecule has 2 nitrogen and oxygen atoms in total. The van der Waals surface area contributed by atoms with Gasteiger partial charge in [-0.05, 0) is 28.1 Å². The van der Waals surface area contributed by atoms with Gasteiger partial charge in [-0.2, -0.15) is 12.6 Å². The summed E-state index contributed by atoms with van der Waals surface area (Å²) in [6, 6.07) is 3.69. The van der Waals surface area contributed by atoms with Gasteiger partial charge in [-0.25, -0.2) is 0 Å². The maximum Gasteiger partial charge on any atom is 0.148 e. The van der Waals surface area contributed by atoms with Crippen molar-refractivity contribution in [2.45, 2.75) is 6.42 Å². The summed E-state index contributed by atoms with van der Waals surface area (Å²) < 4.78 is 0.921. The molecule has 4 heteroatoms. The molecule has 0 aliphatic heterocycles. The molecule has 1 aromatic rings. The SMILES string of the molecule is O=C(CS)Cc1ccc(Br)cn1. The third-order valence-electron chi connectivity index (χ3n) is 1.34. The number of aromatic nitrogens is 1. The van der Waals surface area contributed by atoms with E-state index in [4.69, 9.17) is 0 Å². The van der Waals surface area contributed by atoms with Crippen LogP contribution in [0.3, 0.4) is 0 Å². The number of hydrogen-bond donors (Lipinski definition) is 1. The molecule has 0 aromatic carbocycles. The highest BCUT2D eigenvalue weighted by Crippen LogP contribution is 2.07. The van der Waals surface area contributed by atoms with E-state index in [1.54, 1.807) is 6.20 Å². The number of pyridine rings is 1. The van der Waals surface area contributed by atoms with Crippen LogP contribution in [0.15, 0.2) is 22.8 Å². The van der Waals surface area contributed by atoms with E-state index in [1.807, 2.05) is 12.1 Å². The first-order valence-corrected chi connectivity index (χ1v) is 4.88. The van der Waals surface area contributed by atoms with Crippen molar-refractivity contribution < 1.29 is 4.79 Å². The quantitative estimate of drug-likeness (QED) is 0.825. The first-order valence-electron chi connectivity index (χ1n) is 3.45. The monoisotopic (exact) mass is 245 g/mol. The lowest BCUT2D eigenvalue weighted by Crippen LogP contribution is -2.04. The predicted octanol–water partition coefficient (Wildman–Crippen LogP) is 1.89. The number of hydrogen-bond acceptors (Lipinski definition) is 3. The van der Waals surface area contributed by atoms with Crippen LogP contribution in [0.5, 0.6) is 0 Å². The minimum atomic E-state index is 0.0909. The van der Waals surface area contributed by atoms with Crippen molar-refractivity contribution >= 4 is 34.3 Å². The summed E-state index contributed by atoms with van der Waals surface area (Å²) in [7, 11) is 0. The van der Waals surface area contributed by atoms with Crippen molar-refractivity contribution in [3.8, 4) is 0 Å². The van der Waals surface area contributed by atoms with Gasteiger partial charge in [-0.15, -0.1) is 0 Å². The van der Waals surface area contributed by atoms with Crippen LogP contribution in [-0.2, 0) is 11.2 Å². The fourth-order valence-electron chi connectivity index (χ4n) is 0.769. The van der Waals surface area contributed by atoms with Crippen LogP contribution in [0, 0.1) is 0 Å². The number of rotatable bonds is 3. The average molecular weight is 246 g/mol. The van der Waals surface area contributed by atoms with Gasteiger partial charge in [-0.1, -0.05) is 0 Å². The lowest BCUT2D eigenvalue weighted by molar-refractivity contribution is -0.116. The van der Waals surface area contributed by atoms with E-state index in [0.29, 0.717) is 6.42 Å². The van der Waals surface area contributed by atoms with E-state index in [2.05, 4.69) is 33.5 Å². The lowest BCUT2D eigenvalue weighted by Gasteiger charge is -1.96. The Balaban J connectivity index is 2.64. The van der Waals surface area contributed by atoms with E-state index in [9.17, 15) is 4.79 Å². The molecule has 0 spiro atoms. The molecule has 0 unspecified atom stereocenters. The van der Waals surface area contributed by atoms with Crippen LogP contribution in [0.4, 0.5) is 0 Å². The largest absolute Gasteiger partial charge is 0.298 e. The molecule has 0 bridgehead atoms. The predicted molar refractivity (Wildman–Crippen MR) is 54.5 cm³/mol. The highest BCUT2D eigenvalue weighted by molar-refractivity contribution is 9.10.